The summed E-state index contributed by atoms with van der Waals surface area (Å²) in [5.74, 6) is -0.592. The first-order valence-corrected chi connectivity index (χ1v) is 9.14. The van der Waals surface area contributed by atoms with E-state index < -0.39 is 5.97 Å². The molecule has 0 unspecified atom stereocenters. The molecule has 1 aliphatic rings. The van der Waals surface area contributed by atoms with Crippen molar-refractivity contribution in [3.05, 3.63) is 61.7 Å². The number of thiazole rings is 1. The first-order valence-electron chi connectivity index (χ1n) is 7.94. The number of aromatic nitrogens is 3. The van der Waals surface area contributed by atoms with E-state index in [9.17, 15) is 9.59 Å². The highest BCUT2D eigenvalue weighted by atomic mass is 35.5. The van der Waals surface area contributed by atoms with Crippen LogP contribution in [0.25, 0.3) is 4.96 Å². The summed E-state index contributed by atoms with van der Waals surface area (Å²) in [5.41, 5.74) is 1.56. The van der Waals surface area contributed by atoms with Crippen LogP contribution in [-0.4, -0.2) is 20.3 Å². The Kier molecular flexibility index (Phi) is 4.27. The van der Waals surface area contributed by atoms with Gasteiger partial charge in [-0.25, -0.2) is 14.8 Å². The van der Waals surface area contributed by atoms with E-state index in [0.717, 1.165) is 31.4 Å². The minimum Gasteiger partial charge on any atom is -0.455 e. The molecule has 3 aromatic rings. The van der Waals surface area contributed by atoms with E-state index >= 15 is 0 Å². The van der Waals surface area contributed by atoms with Gasteiger partial charge in [-0.3, -0.25) is 9.20 Å². The SMILES string of the molecule is O=C(OCc1cc(=O)n2c3c(sc2n1)CCCC3)c1cccnc1Cl. The number of nitrogens with zero attached hydrogens (tertiary/aromatic N) is 3. The second-order valence-electron chi connectivity index (χ2n) is 5.80. The van der Waals surface area contributed by atoms with E-state index in [-0.39, 0.29) is 22.9 Å². The second-order valence-corrected chi connectivity index (χ2v) is 7.22. The molecule has 0 spiro atoms. The van der Waals surface area contributed by atoms with Crippen LogP contribution in [0.15, 0.2) is 29.2 Å². The lowest BCUT2D eigenvalue weighted by atomic mass is 10.0. The van der Waals surface area contributed by atoms with E-state index in [2.05, 4.69) is 9.97 Å². The third-order valence-corrected chi connectivity index (χ3v) is 5.59. The lowest BCUT2D eigenvalue weighted by molar-refractivity contribution is 0.0467. The van der Waals surface area contributed by atoms with Crippen LogP contribution in [0, 0.1) is 0 Å². The van der Waals surface area contributed by atoms with Crippen LogP contribution in [0.4, 0.5) is 0 Å². The first-order chi connectivity index (χ1) is 12.1. The van der Waals surface area contributed by atoms with Gasteiger partial charge in [0.25, 0.3) is 5.56 Å². The van der Waals surface area contributed by atoms with E-state index in [1.165, 1.54) is 23.2 Å². The predicted molar refractivity (Wildman–Crippen MR) is 94.3 cm³/mol. The Labute approximate surface area is 152 Å². The van der Waals surface area contributed by atoms with Crippen LogP contribution < -0.4 is 5.56 Å². The molecule has 1 aliphatic carbocycles. The summed E-state index contributed by atoms with van der Waals surface area (Å²) < 4.78 is 6.91. The number of fused-ring (bicyclic) bond motifs is 3. The summed E-state index contributed by atoms with van der Waals surface area (Å²) in [5, 5.41) is 0.0851. The van der Waals surface area contributed by atoms with Gasteiger partial charge in [-0.1, -0.05) is 11.6 Å². The third-order valence-electron chi connectivity index (χ3n) is 4.14. The lowest BCUT2D eigenvalue weighted by Gasteiger charge is -2.10. The molecular formula is C17H14ClN3O3S. The fourth-order valence-corrected chi connectivity index (χ4v) is 4.40. The lowest BCUT2D eigenvalue weighted by Crippen LogP contribution is -2.18. The smallest absolute Gasteiger partial charge is 0.341 e. The largest absolute Gasteiger partial charge is 0.455 e. The molecule has 0 radical (unpaired) electrons. The van der Waals surface area contributed by atoms with Gasteiger partial charge in [-0.05, 0) is 37.8 Å². The number of halogens is 1. The molecule has 6 nitrogen and oxygen atoms in total. The van der Waals surface area contributed by atoms with Crippen LogP contribution in [0.3, 0.4) is 0 Å². The Morgan fingerprint density at radius 3 is 3.04 bits per heavy atom. The summed E-state index contributed by atoms with van der Waals surface area (Å²) in [7, 11) is 0. The molecule has 0 saturated carbocycles. The van der Waals surface area contributed by atoms with Crippen LogP contribution in [-0.2, 0) is 24.2 Å². The standard InChI is InChI=1S/C17H14ClN3O3S/c18-15-11(4-3-7-19-15)16(23)24-9-10-8-14(22)21-12-5-1-2-6-13(12)25-17(21)20-10/h3-4,7-8H,1-2,5-6,9H2. The monoisotopic (exact) mass is 375 g/mol. The minimum atomic E-state index is -0.592. The Bertz CT molecular complexity index is 1030. The summed E-state index contributed by atoms with van der Waals surface area (Å²) in [6.07, 6.45) is 5.63. The molecule has 0 atom stereocenters. The van der Waals surface area contributed by atoms with Gasteiger partial charge in [-0.15, -0.1) is 11.3 Å². The number of hydrogen-bond donors (Lipinski definition) is 0. The Balaban J connectivity index is 1.59. The van der Waals surface area contributed by atoms with Crippen molar-refractivity contribution in [3.63, 3.8) is 0 Å². The van der Waals surface area contributed by atoms with Crippen molar-refractivity contribution in [3.8, 4) is 0 Å². The molecule has 3 heterocycles. The van der Waals surface area contributed by atoms with Gasteiger partial charge >= 0.3 is 5.97 Å². The predicted octanol–water partition coefficient (Wildman–Crippen LogP) is 3.04. The molecule has 0 saturated heterocycles. The fraction of sp³-hybridized carbons (Fsp3) is 0.294. The molecule has 0 amide bonds. The summed E-state index contributed by atoms with van der Waals surface area (Å²) >= 11 is 7.42. The number of hydrogen-bond acceptors (Lipinski definition) is 6. The summed E-state index contributed by atoms with van der Waals surface area (Å²) in [4.78, 5) is 34.8. The van der Waals surface area contributed by atoms with Gasteiger partial charge < -0.3 is 4.74 Å². The van der Waals surface area contributed by atoms with Crippen LogP contribution in [0.5, 0.6) is 0 Å². The zero-order valence-electron chi connectivity index (χ0n) is 13.2. The van der Waals surface area contributed by atoms with Gasteiger partial charge in [0, 0.05) is 22.8 Å². The van der Waals surface area contributed by atoms with E-state index in [0.29, 0.717) is 10.7 Å². The van der Waals surface area contributed by atoms with Crippen molar-refractivity contribution >= 4 is 33.9 Å². The molecule has 8 heteroatoms. The van der Waals surface area contributed by atoms with E-state index in [4.69, 9.17) is 16.3 Å². The van der Waals surface area contributed by atoms with Gasteiger partial charge in [0.15, 0.2) is 4.96 Å². The number of esters is 1. The van der Waals surface area contributed by atoms with Gasteiger partial charge in [-0.2, -0.15) is 0 Å². The average molecular weight is 376 g/mol. The zero-order chi connectivity index (χ0) is 17.4. The molecule has 0 fully saturated rings. The second kappa shape index (κ2) is 6.57. The maximum Gasteiger partial charge on any atom is 0.341 e. The number of carbonyl (C=O) groups is 1. The number of carbonyl (C=O) groups excluding carboxylic acids is 1. The molecule has 0 bridgehead atoms. The first kappa shape index (κ1) is 16.2. The highest BCUT2D eigenvalue weighted by molar-refractivity contribution is 7.17. The number of ether oxygens (including phenoxy) is 1. The number of pyridine rings is 1. The molecule has 0 aliphatic heterocycles. The quantitative estimate of drug-likeness (QED) is 0.519. The van der Waals surface area contributed by atoms with Crippen molar-refractivity contribution in [1.29, 1.82) is 0 Å². The highest BCUT2D eigenvalue weighted by Crippen LogP contribution is 2.28. The van der Waals surface area contributed by atoms with Crippen molar-refractivity contribution < 1.29 is 9.53 Å². The molecular weight excluding hydrogens is 362 g/mol. The molecule has 128 valence electrons. The average Bonchev–Trinajstić information content (AvgIpc) is 2.99. The molecule has 25 heavy (non-hydrogen) atoms. The van der Waals surface area contributed by atoms with Gasteiger partial charge in [0.2, 0.25) is 0 Å². The Morgan fingerprint density at radius 1 is 1.36 bits per heavy atom. The van der Waals surface area contributed by atoms with Gasteiger partial charge in [0.05, 0.1) is 11.3 Å². The third kappa shape index (κ3) is 3.05. The van der Waals surface area contributed by atoms with Crippen LogP contribution >= 0.6 is 22.9 Å². The molecule has 0 N–H and O–H groups in total. The maximum atomic E-state index is 12.5. The van der Waals surface area contributed by atoms with Crippen molar-refractivity contribution in [1.82, 2.24) is 14.4 Å². The Hall–Kier alpha value is -2.25. The molecule has 3 aromatic heterocycles. The number of rotatable bonds is 3. The minimum absolute atomic E-state index is 0.0850. The topological polar surface area (TPSA) is 73.6 Å². The fourth-order valence-electron chi connectivity index (χ4n) is 2.97. The van der Waals surface area contributed by atoms with E-state index in [1.54, 1.807) is 21.8 Å². The van der Waals surface area contributed by atoms with Crippen molar-refractivity contribution in [2.75, 3.05) is 0 Å². The Morgan fingerprint density at radius 2 is 2.20 bits per heavy atom. The number of aryl methyl sites for hydroxylation is 2. The zero-order valence-corrected chi connectivity index (χ0v) is 14.8. The maximum absolute atomic E-state index is 12.5. The van der Waals surface area contributed by atoms with E-state index in [1.807, 2.05) is 0 Å². The van der Waals surface area contributed by atoms with Crippen LogP contribution in [0.1, 0.15) is 39.5 Å². The van der Waals surface area contributed by atoms with Gasteiger partial charge in [0.1, 0.15) is 11.8 Å². The summed E-state index contributed by atoms with van der Waals surface area (Å²) in [6.45, 7) is -0.0850. The summed E-state index contributed by atoms with van der Waals surface area (Å²) in [6, 6.07) is 4.57. The normalized spacial score (nSPS) is 13.6. The highest BCUT2D eigenvalue weighted by Gasteiger charge is 2.19. The van der Waals surface area contributed by atoms with Crippen molar-refractivity contribution in [2.45, 2.75) is 32.3 Å². The van der Waals surface area contributed by atoms with Crippen molar-refractivity contribution in [2.24, 2.45) is 0 Å². The molecule has 4 rings (SSSR count). The van der Waals surface area contributed by atoms with Crippen LogP contribution in [0.2, 0.25) is 5.15 Å². The molecule has 0 aromatic carbocycles.